The second-order valence-corrected chi connectivity index (χ2v) is 8.43. The first-order valence-electron chi connectivity index (χ1n) is 10.7. The van der Waals surface area contributed by atoms with E-state index in [4.69, 9.17) is 14.0 Å². The Balaban J connectivity index is 1.59. The van der Waals surface area contributed by atoms with Crippen LogP contribution in [0.25, 0.3) is 17.0 Å². The van der Waals surface area contributed by atoms with E-state index in [2.05, 4.69) is 15.5 Å². The number of ether oxygens (including phenoxy) is 2. The minimum Gasteiger partial charge on any atom is -0.454 e. The van der Waals surface area contributed by atoms with Crippen molar-refractivity contribution in [3.05, 3.63) is 65.4 Å². The first kappa shape index (κ1) is 21.0. The molecule has 2 aliphatic rings. The highest BCUT2D eigenvalue weighted by molar-refractivity contribution is 5.87. The number of hydrogen-bond donors (Lipinski definition) is 1. The second-order valence-electron chi connectivity index (χ2n) is 8.43. The van der Waals surface area contributed by atoms with Gasteiger partial charge in [-0.25, -0.2) is 9.18 Å². The van der Waals surface area contributed by atoms with Gasteiger partial charge in [0.1, 0.15) is 5.82 Å². The Morgan fingerprint density at radius 3 is 2.79 bits per heavy atom. The van der Waals surface area contributed by atoms with Crippen molar-refractivity contribution in [3.8, 4) is 22.9 Å². The number of amides is 2. The van der Waals surface area contributed by atoms with Crippen LogP contribution in [0.2, 0.25) is 0 Å². The summed E-state index contributed by atoms with van der Waals surface area (Å²) in [4.78, 5) is 19.2. The number of benzene rings is 2. The topological polar surface area (TPSA) is 89.7 Å². The normalized spacial score (nSPS) is 17.7. The lowest BCUT2D eigenvalue weighted by Gasteiger charge is -2.36. The van der Waals surface area contributed by atoms with Crippen molar-refractivity contribution in [2.75, 3.05) is 13.3 Å². The van der Waals surface area contributed by atoms with Gasteiger partial charge in [0.15, 0.2) is 11.5 Å². The second kappa shape index (κ2) is 8.23. The molecule has 0 fully saturated rings. The first-order valence-corrected chi connectivity index (χ1v) is 10.7. The number of rotatable bonds is 5. The van der Waals surface area contributed by atoms with Crippen LogP contribution in [0.5, 0.6) is 11.5 Å². The predicted molar refractivity (Wildman–Crippen MR) is 118 cm³/mol. The van der Waals surface area contributed by atoms with E-state index in [1.807, 2.05) is 26.8 Å². The smallest absolute Gasteiger partial charge is 0.322 e. The third kappa shape index (κ3) is 3.90. The van der Waals surface area contributed by atoms with Gasteiger partial charge in [-0.15, -0.1) is 0 Å². The summed E-state index contributed by atoms with van der Waals surface area (Å²) in [5.41, 5.74) is 2.60. The van der Waals surface area contributed by atoms with E-state index >= 15 is 0 Å². The highest BCUT2D eigenvalue weighted by atomic mass is 19.1. The molecular weight excluding hydrogens is 427 g/mol. The Kier molecular flexibility index (Phi) is 5.24. The van der Waals surface area contributed by atoms with Crippen LogP contribution in [0.15, 0.2) is 52.7 Å². The average molecular weight is 450 g/mol. The van der Waals surface area contributed by atoms with Crippen LogP contribution < -0.4 is 14.8 Å². The van der Waals surface area contributed by atoms with E-state index in [-0.39, 0.29) is 24.6 Å². The predicted octanol–water partition coefficient (Wildman–Crippen LogP) is 4.76. The van der Waals surface area contributed by atoms with Gasteiger partial charge in [0, 0.05) is 17.8 Å². The molecule has 0 saturated carbocycles. The number of carbonyl (C=O) groups is 1. The fourth-order valence-electron chi connectivity index (χ4n) is 4.07. The van der Waals surface area contributed by atoms with Gasteiger partial charge in [-0.3, -0.25) is 4.90 Å². The Hall–Kier alpha value is -3.88. The van der Waals surface area contributed by atoms with Crippen LogP contribution >= 0.6 is 0 Å². The van der Waals surface area contributed by atoms with Crippen LogP contribution in [0.1, 0.15) is 38.3 Å². The fourth-order valence-corrected chi connectivity index (χ4v) is 4.07. The van der Waals surface area contributed by atoms with E-state index < -0.39 is 11.9 Å². The quantitative estimate of drug-likeness (QED) is 0.603. The SMILES string of the molecule is CC1=C(c2nc(-c3ccc4c(c3)OCO4)no2)C(c2cccc(F)c2)NC(=O)N1CC(C)C. The molecule has 170 valence electrons. The third-order valence-electron chi connectivity index (χ3n) is 5.61. The lowest BCUT2D eigenvalue weighted by atomic mass is 9.94. The van der Waals surface area contributed by atoms with Gasteiger partial charge in [-0.1, -0.05) is 31.1 Å². The number of fused-ring (bicyclic) bond motifs is 1. The summed E-state index contributed by atoms with van der Waals surface area (Å²) in [5, 5.41) is 7.13. The number of aromatic nitrogens is 2. The maximum absolute atomic E-state index is 14.0. The number of allylic oxidation sites excluding steroid dienone is 1. The number of urea groups is 1. The molecule has 2 aromatic carbocycles. The van der Waals surface area contributed by atoms with E-state index in [0.29, 0.717) is 46.3 Å². The Labute approximate surface area is 190 Å². The minimum absolute atomic E-state index is 0.170. The number of carbonyl (C=O) groups excluding carboxylic acids is 1. The molecule has 5 rings (SSSR count). The molecular formula is C24H23FN4O4. The van der Waals surface area contributed by atoms with Gasteiger partial charge in [0.2, 0.25) is 12.6 Å². The molecule has 0 aliphatic carbocycles. The van der Waals surface area contributed by atoms with Gasteiger partial charge in [0.25, 0.3) is 5.89 Å². The van der Waals surface area contributed by atoms with Crippen molar-refractivity contribution in [1.29, 1.82) is 0 Å². The van der Waals surface area contributed by atoms with E-state index in [9.17, 15) is 9.18 Å². The molecule has 0 spiro atoms. The average Bonchev–Trinajstić information content (AvgIpc) is 3.45. The molecule has 2 aliphatic heterocycles. The summed E-state index contributed by atoms with van der Waals surface area (Å²) in [7, 11) is 0. The van der Waals surface area contributed by atoms with Gasteiger partial charge in [0.05, 0.1) is 11.6 Å². The maximum atomic E-state index is 14.0. The minimum atomic E-state index is -0.637. The molecule has 8 nitrogen and oxygen atoms in total. The molecule has 3 heterocycles. The summed E-state index contributed by atoms with van der Waals surface area (Å²) in [5.74, 6) is 1.74. The lowest BCUT2D eigenvalue weighted by Crippen LogP contribution is -2.47. The Bertz CT molecular complexity index is 1250. The van der Waals surface area contributed by atoms with Gasteiger partial charge >= 0.3 is 6.03 Å². The van der Waals surface area contributed by atoms with Crippen molar-refractivity contribution in [1.82, 2.24) is 20.4 Å². The van der Waals surface area contributed by atoms with Crippen molar-refractivity contribution >= 4 is 11.6 Å². The van der Waals surface area contributed by atoms with Crippen molar-refractivity contribution in [2.24, 2.45) is 5.92 Å². The third-order valence-corrected chi connectivity index (χ3v) is 5.61. The van der Waals surface area contributed by atoms with E-state index in [1.165, 1.54) is 12.1 Å². The van der Waals surface area contributed by atoms with Gasteiger partial charge < -0.3 is 19.3 Å². The molecule has 2 amide bonds. The summed E-state index contributed by atoms with van der Waals surface area (Å²) < 4.78 is 30.5. The standard InChI is InChI=1S/C24H23FN4O4/c1-13(2)11-29-14(3)20(21(26-24(29)30)15-5-4-6-17(25)9-15)23-27-22(28-33-23)16-7-8-18-19(10-16)32-12-31-18/h4-10,13,21H,11-12H2,1-3H3,(H,26,30). The number of halogens is 1. The number of nitrogens with one attached hydrogen (secondary N) is 1. The van der Waals surface area contributed by atoms with Crippen LogP contribution in [-0.2, 0) is 0 Å². The molecule has 0 bridgehead atoms. The van der Waals surface area contributed by atoms with Crippen molar-refractivity contribution in [3.63, 3.8) is 0 Å². The van der Waals surface area contributed by atoms with E-state index in [0.717, 1.165) is 0 Å². The fraction of sp³-hybridized carbons (Fsp3) is 0.292. The van der Waals surface area contributed by atoms with E-state index in [1.54, 1.807) is 29.2 Å². The number of hydrogen-bond acceptors (Lipinski definition) is 6. The lowest BCUT2D eigenvalue weighted by molar-refractivity contribution is 0.174. The molecule has 1 aromatic heterocycles. The molecule has 1 atom stereocenters. The van der Waals surface area contributed by atoms with Gasteiger partial charge in [-0.2, -0.15) is 4.98 Å². The molecule has 1 N–H and O–H groups in total. The molecule has 33 heavy (non-hydrogen) atoms. The monoisotopic (exact) mass is 450 g/mol. The summed E-state index contributed by atoms with van der Waals surface area (Å²) in [6, 6.07) is 10.6. The molecule has 3 aromatic rings. The van der Waals surface area contributed by atoms with Crippen molar-refractivity contribution in [2.45, 2.75) is 26.8 Å². The molecule has 0 saturated heterocycles. The zero-order chi connectivity index (χ0) is 23.1. The summed E-state index contributed by atoms with van der Waals surface area (Å²) in [6.07, 6.45) is 0. The highest BCUT2D eigenvalue weighted by Crippen LogP contribution is 2.39. The summed E-state index contributed by atoms with van der Waals surface area (Å²) in [6.45, 7) is 6.59. The molecule has 0 radical (unpaired) electrons. The van der Waals surface area contributed by atoms with Gasteiger partial charge in [-0.05, 0) is 48.7 Å². The highest BCUT2D eigenvalue weighted by Gasteiger charge is 2.36. The Morgan fingerprint density at radius 1 is 1.18 bits per heavy atom. The van der Waals surface area contributed by atoms with Crippen LogP contribution in [0.4, 0.5) is 9.18 Å². The molecule has 1 unspecified atom stereocenters. The first-order chi connectivity index (χ1) is 15.9. The zero-order valence-corrected chi connectivity index (χ0v) is 18.5. The largest absolute Gasteiger partial charge is 0.454 e. The van der Waals surface area contributed by atoms with Crippen LogP contribution in [-0.4, -0.2) is 34.4 Å². The van der Waals surface area contributed by atoms with Crippen molar-refractivity contribution < 1.29 is 23.2 Å². The number of nitrogens with zero attached hydrogens (tertiary/aromatic N) is 3. The Morgan fingerprint density at radius 2 is 2.00 bits per heavy atom. The zero-order valence-electron chi connectivity index (χ0n) is 18.5. The maximum Gasteiger partial charge on any atom is 0.322 e. The van der Waals surface area contributed by atoms with Crippen LogP contribution in [0.3, 0.4) is 0 Å². The molecule has 9 heteroatoms. The summed E-state index contributed by atoms with van der Waals surface area (Å²) >= 11 is 0. The van der Waals surface area contributed by atoms with Crippen LogP contribution in [0, 0.1) is 11.7 Å².